The molecule has 2 amide bonds. The summed E-state index contributed by atoms with van der Waals surface area (Å²) >= 11 is 0. The van der Waals surface area contributed by atoms with Gasteiger partial charge in [0.2, 0.25) is 11.8 Å². The maximum atomic E-state index is 11.8. The monoisotopic (exact) mass is 257 g/mol. The molecule has 0 aromatic heterocycles. The lowest BCUT2D eigenvalue weighted by Crippen LogP contribution is -2.49. The number of ether oxygens (including phenoxy) is 1. The lowest BCUT2D eigenvalue weighted by Gasteiger charge is -2.27. The summed E-state index contributed by atoms with van der Waals surface area (Å²) in [4.78, 5) is 25.0. The molecule has 2 N–H and O–H groups in total. The van der Waals surface area contributed by atoms with Crippen LogP contribution in [0.1, 0.15) is 19.8 Å². The van der Waals surface area contributed by atoms with Gasteiger partial charge in [0, 0.05) is 39.7 Å². The highest BCUT2D eigenvalue weighted by atomic mass is 16.5. The fourth-order valence-electron chi connectivity index (χ4n) is 1.74. The van der Waals surface area contributed by atoms with Gasteiger partial charge in [0.05, 0.1) is 12.6 Å². The fourth-order valence-corrected chi connectivity index (χ4v) is 1.74. The fraction of sp³-hybridized carbons (Fsp3) is 0.833. The van der Waals surface area contributed by atoms with Gasteiger partial charge in [-0.2, -0.15) is 0 Å². The SMILES string of the molecule is COC(C)CCC(=O)NCC(=O)N1CCNCC1. The second kappa shape index (κ2) is 8.05. The van der Waals surface area contributed by atoms with Crippen LogP contribution in [0.25, 0.3) is 0 Å². The van der Waals surface area contributed by atoms with E-state index >= 15 is 0 Å². The topological polar surface area (TPSA) is 70.7 Å². The second-order valence-corrected chi connectivity index (χ2v) is 4.49. The summed E-state index contributed by atoms with van der Waals surface area (Å²) in [6.07, 6.45) is 1.13. The van der Waals surface area contributed by atoms with E-state index in [2.05, 4.69) is 10.6 Å². The molecule has 0 aromatic rings. The summed E-state index contributed by atoms with van der Waals surface area (Å²) < 4.78 is 5.06. The number of methoxy groups -OCH3 is 1. The van der Waals surface area contributed by atoms with Crippen LogP contribution in [0.3, 0.4) is 0 Å². The summed E-state index contributed by atoms with van der Waals surface area (Å²) in [5.74, 6) is -0.105. The maximum Gasteiger partial charge on any atom is 0.242 e. The second-order valence-electron chi connectivity index (χ2n) is 4.49. The Hall–Kier alpha value is -1.14. The van der Waals surface area contributed by atoms with Crippen LogP contribution in [0.2, 0.25) is 0 Å². The van der Waals surface area contributed by atoms with Crippen molar-refractivity contribution in [1.82, 2.24) is 15.5 Å². The van der Waals surface area contributed by atoms with E-state index in [1.165, 1.54) is 0 Å². The molecule has 1 saturated heterocycles. The molecule has 18 heavy (non-hydrogen) atoms. The predicted molar refractivity (Wildman–Crippen MR) is 68.2 cm³/mol. The Kier molecular flexibility index (Phi) is 6.67. The summed E-state index contributed by atoms with van der Waals surface area (Å²) in [7, 11) is 1.62. The van der Waals surface area contributed by atoms with E-state index in [9.17, 15) is 9.59 Å². The van der Waals surface area contributed by atoms with Crippen LogP contribution in [0.4, 0.5) is 0 Å². The number of rotatable bonds is 6. The number of nitrogens with one attached hydrogen (secondary N) is 2. The van der Waals surface area contributed by atoms with Gasteiger partial charge < -0.3 is 20.3 Å². The van der Waals surface area contributed by atoms with Crippen molar-refractivity contribution < 1.29 is 14.3 Å². The lowest BCUT2D eigenvalue weighted by atomic mass is 10.2. The van der Waals surface area contributed by atoms with Crippen molar-refractivity contribution in [2.24, 2.45) is 0 Å². The van der Waals surface area contributed by atoms with Crippen molar-refractivity contribution in [1.29, 1.82) is 0 Å². The molecular weight excluding hydrogens is 234 g/mol. The number of amides is 2. The normalized spacial score (nSPS) is 17.3. The first-order valence-electron chi connectivity index (χ1n) is 6.41. The van der Waals surface area contributed by atoms with Gasteiger partial charge in [-0.15, -0.1) is 0 Å². The van der Waals surface area contributed by atoms with Gasteiger partial charge in [0.1, 0.15) is 0 Å². The lowest BCUT2D eigenvalue weighted by molar-refractivity contribution is -0.133. The van der Waals surface area contributed by atoms with Crippen LogP contribution >= 0.6 is 0 Å². The Labute approximate surface area is 108 Å². The Balaban J connectivity index is 2.15. The molecule has 1 atom stereocenters. The van der Waals surface area contributed by atoms with E-state index in [-0.39, 0.29) is 24.5 Å². The van der Waals surface area contributed by atoms with E-state index in [1.807, 2.05) is 6.92 Å². The molecule has 0 aromatic carbocycles. The van der Waals surface area contributed by atoms with Crippen molar-refractivity contribution in [2.75, 3.05) is 39.8 Å². The van der Waals surface area contributed by atoms with Crippen LogP contribution in [-0.2, 0) is 14.3 Å². The molecule has 0 spiro atoms. The third kappa shape index (κ3) is 5.46. The average molecular weight is 257 g/mol. The molecule has 6 heteroatoms. The van der Waals surface area contributed by atoms with Gasteiger partial charge in [-0.1, -0.05) is 0 Å². The number of piperazine rings is 1. The summed E-state index contributed by atoms with van der Waals surface area (Å²) in [6.45, 7) is 5.10. The van der Waals surface area contributed by atoms with Crippen LogP contribution < -0.4 is 10.6 Å². The van der Waals surface area contributed by atoms with Crippen LogP contribution in [0, 0.1) is 0 Å². The van der Waals surface area contributed by atoms with Crippen molar-refractivity contribution in [3.8, 4) is 0 Å². The first kappa shape index (κ1) is 14.9. The first-order chi connectivity index (χ1) is 8.63. The quantitative estimate of drug-likeness (QED) is 0.663. The highest BCUT2D eigenvalue weighted by molar-refractivity contribution is 5.84. The van der Waals surface area contributed by atoms with Gasteiger partial charge in [-0.3, -0.25) is 9.59 Å². The predicted octanol–water partition coefficient (Wildman–Crippen LogP) is -0.650. The third-order valence-corrected chi connectivity index (χ3v) is 3.09. The minimum Gasteiger partial charge on any atom is -0.382 e. The van der Waals surface area contributed by atoms with Crippen LogP contribution in [-0.4, -0.2) is 62.7 Å². The largest absolute Gasteiger partial charge is 0.382 e. The Morgan fingerprint density at radius 2 is 2.06 bits per heavy atom. The number of carbonyl (C=O) groups is 2. The Bertz CT molecular complexity index is 278. The highest BCUT2D eigenvalue weighted by Crippen LogP contribution is 1.99. The van der Waals surface area contributed by atoms with E-state index in [0.717, 1.165) is 26.2 Å². The molecule has 1 unspecified atom stereocenters. The van der Waals surface area contributed by atoms with E-state index in [0.29, 0.717) is 12.8 Å². The van der Waals surface area contributed by atoms with E-state index in [1.54, 1.807) is 12.0 Å². The van der Waals surface area contributed by atoms with Gasteiger partial charge in [0.25, 0.3) is 0 Å². The van der Waals surface area contributed by atoms with Crippen molar-refractivity contribution >= 4 is 11.8 Å². The smallest absolute Gasteiger partial charge is 0.242 e. The molecule has 1 aliphatic rings. The van der Waals surface area contributed by atoms with Crippen LogP contribution in [0.15, 0.2) is 0 Å². The van der Waals surface area contributed by atoms with Crippen LogP contribution in [0.5, 0.6) is 0 Å². The minimum atomic E-state index is -0.0950. The van der Waals surface area contributed by atoms with Gasteiger partial charge in [0.15, 0.2) is 0 Å². The molecule has 0 aliphatic carbocycles. The van der Waals surface area contributed by atoms with Gasteiger partial charge >= 0.3 is 0 Å². The van der Waals surface area contributed by atoms with Crippen molar-refractivity contribution in [2.45, 2.75) is 25.9 Å². The zero-order valence-electron chi connectivity index (χ0n) is 11.2. The zero-order valence-corrected chi connectivity index (χ0v) is 11.2. The van der Waals surface area contributed by atoms with Gasteiger partial charge in [-0.25, -0.2) is 0 Å². The molecule has 6 nitrogen and oxygen atoms in total. The van der Waals surface area contributed by atoms with Gasteiger partial charge in [-0.05, 0) is 13.3 Å². The molecule has 1 heterocycles. The average Bonchev–Trinajstić information content (AvgIpc) is 2.42. The number of hydrogen-bond acceptors (Lipinski definition) is 4. The molecule has 0 bridgehead atoms. The Morgan fingerprint density at radius 1 is 1.39 bits per heavy atom. The summed E-state index contributed by atoms with van der Waals surface area (Å²) in [5, 5.41) is 5.83. The van der Waals surface area contributed by atoms with Crippen molar-refractivity contribution in [3.05, 3.63) is 0 Å². The van der Waals surface area contributed by atoms with E-state index in [4.69, 9.17) is 4.74 Å². The number of nitrogens with zero attached hydrogens (tertiary/aromatic N) is 1. The molecule has 1 aliphatic heterocycles. The molecule has 1 rings (SSSR count). The highest BCUT2D eigenvalue weighted by Gasteiger charge is 2.16. The summed E-state index contributed by atoms with van der Waals surface area (Å²) in [6, 6.07) is 0. The van der Waals surface area contributed by atoms with E-state index < -0.39 is 0 Å². The molecular formula is C12H23N3O3. The molecule has 104 valence electrons. The summed E-state index contributed by atoms with van der Waals surface area (Å²) in [5.41, 5.74) is 0. The molecule has 0 radical (unpaired) electrons. The number of hydrogen-bond donors (Lipinski definition) is 2. The minimum absolute atomic E-state index is 0.00959. The third-order valence-electron chi connectivity index (χ3n) is 3.09. The molecule has 0 saturated carbocycles. The molecule has 1 fully saturated rings. The first-order valence-corrected chi connectivity index (χ1v) is 6.41. The Morgan fingerprint density at radius 3 is 2.67 bits per heavy atom. The maximum absolute atomic E-state index is 11.8. The zero-order chi connectivity index (χ0) is 13.4. The van der Waals surface area contributed by atoms with Crippen molar-refractivity contribution in [3.63, 3.8) is 0 Å². The standard InChI is InChI=1S/C12H23N3O3/c1-10(18-2)3-4-11(16)14-9-12(17)15-7-5-13-6-8-15/h10,13H,3-9H2,1-2H3,(H,14,16). The number of carbonyl (C=O) groups excluding carboxylic acids is 2.